The van der Waals surface area contributed by atoms with Gasteiger partial charge >= 0.3 is 0 Å². The lowest BCUT2D eigenvalue weighted by Crippen LogP contribution is -2.14. The van der Waals surface area contributed by atoms with Crippen LogP contribution in [0.2, 0.25) is 0 Å². The van der Waals surface area contributed by atoms with Crippen molar-refractivity contribution in [2.45, 2.75) is 34.6 Å². The van der Waals surface area contributed by atoms with Crippen LogP contribution in [0.4, 0.5) is 5.69 Å². The van der Waals surface area contributed by atoms with Crippen LogP contribution >= 0.6 is 0 Å². The number of hydrogen-bond acceptors (Lipinski definition) is 4. The van der Waals surface area contributed by atoms with Gasteiger partial charge in [-0.2, -0.15) is 5.26 Å². The summed E-state index contributed by atoms with van der Waals surface area (Å²) < 4.78 is 31.3. The zero-order valence-electron chi connectivity index (χ0n) is 16.6. The van der Waals surface area contributed by atoms with E-state index in [9.17, 15) is 8.42 Å². The molecule has 0 fully saturated rings. The second-order valence-corrected chi connectivity index (χ2v) is 7.14. The number of nitriles is 1. The zero-order valence-corrected chi connectivity index (χ0v) is 17.4. The third-order valence-corrected chi connectivity index (χ3v) is 4.35. The summed E-state index contributed by atoms with van der Waals surface area (Å²) in [6.45, 7) is 12.7. The molecule has 2 aromatic rings. The van der Waals surface area contributed by atoms with Crippen molar-refractivity contribution in [3.8, 4) is 17.6 Å². The Hall–Kier alpha value is -2.78. The van der Waals surface area contributed by atoms with Crippen LogP contribution in [0.5, 0.6) is 11.5 Å². The Labute approximate surface area is 164 Å². The lowest BCUT2D eigenvalue weighted by Gasteiger charge is -2.11. The molecule has 0 saturated heterocycles. The first-order chi connectivity index (χ1) is 12.8. The summed E-state index contributed by atoms with van der Waals surface area (Å²) in [7, 11) is -3.29. The quantitative estimate of drug-likeness (QED) is 0.646. The Morgan fingerprint density at radius 2 is 1.78 bits per heavy atom. The van der Waals surface area contributed by atoms with Gasteiger partial charge in [0.2, 0.25) is 10.0 Å². The topological polar surface area (TPSA) is 79.2 Å². The van der Waals surface area contributed by atoms with Gasteiger partial charge in [0.05, 0.1) is 17.4 Å². The monoisotopic (exact) mass is 390 g/mol. The number of nitrogens with one attached hydrogen (secondary N) is 1. The van der Waals surface area contributed by atoms with Gasteiger partial charge in [-0.3, -0.25) is 4.72 Å². The van der Waals surface area contributed by atoms with Crippen LogP contribution < -0.4 is 9.46 Å². The number of allylic oxidation sites excluding steroid dienone is 1. The maximum atomic E-state index is 11.5. The molecule has 0 bridgehead atoms. The number of sulfonamides is 1. The summed E-state index contributed by atoms with van der Waals surface area (Å²) in [5, 5.41) is 8.76. The number of hydrogen-bond donors (Lipinski definition) is 1. The molecule has 6 heteroatoms. The van der Waals surface area contributed by atoms with Gasteiger partial charge < -0.3 is 4.74 Å². The molecular weight excluding hydrogens is 360 g/mol. The predicted molar refractivity (Wildman–Crippen MR) is 115 cm³/mol. The van der Waals surface area contributed by atoms with E-state index in [0.717, 1.165) is 5.56 Å². The standard InChI is InChI=1S/C16H16N2O3S.C3H6.C2H6.H2/c1-3-22(19,20)18-14-6-9-16(12(2)10-14)21-15-7-4-13(11-17)5-8-15;1-3-2;1-2;/h4-10,18H,3H2,1-2H3;3H,1H2,2H3;1-2H3;1H. The Morgan fingerprint density at radius 3 is 2.22 bits per heavy atom. The van der Waals surface area contributed by atoms with E-state index < -0.39 is 10.0 Å². The Bertz CT molecular complexity index is 858. The fourth-order valence-electron chi connectivity index (χ4n) is 1.80. The minimum absolute atomic E-state index is 0. The van der Waals surface area contributed by atoms with Crippen molar-refractivity contribution in [2.75, 3.05) is 10.5 Å². The average Bonchev–Trinajstić information content (AvgIpc) is 2.66. The summed E-state index contributed by atoms with van der Waals surface area (Å²) in [6, 6.07) is 13.9. The van der Waals surface area contributed by atoms with Crippen LogP contribution in [0.15, 0.2) is 55.1 Å². The maximum absolute atomic E-state index is 11.5. The summed E-state index contributed by atoms with van der Waals surface area (Å²) in [4.78, 5) is 0. The highest BCUT2D eigenvalue weighted by Crippen LogP contribution is 2.27. The van der Waals surface area contributed by atoms with Crippen LogP contribution in [-0.2, 0) is 10.0 Å². The molecule has 2 aromatic carbocycles. The lowest BCUT2D eigenvalue weighted by molar-refractivity contribution is 0.479. The number of nitrogens with zero attached hydrogens (tertiary/aromatic N) is 1. The molecule has 0 amide bonds. The SMILES string of the molecule is C=CC.CC.CCS(=O)(=O)Nc1ccc(Oc2ccc(C#N)cc2)c(C)c1.[HH]. The average molecular weight is 391 g/mol. The van der Waals surface area contributed by atoms with Crippen molar-refractivity contribution in [3.05, 3.63) is 66.2 Å². The van der Waals surface area contributed by atoms with Crippen LogP contribution in [-0.4, -0.2) is 14.2 Å². The number of ether oxygens (including phenoxy) is 1. The molecule has 1 N–H and O–H groups in total. The highest BCUT2D eigenvalue weighted by atomic mass is 32.2. The van der Waals surface area contributed by atoms with Crippen LogP contribution in [0, 0.1) is 18.3 Å². The van der Waals surface area contributed by atoms with Gasteiger partial charge in [-0.15, -0.1) is 6.58 Å². The number of benzene rings is 2. The van der Waals surface area contributed by atoms with E-state index in [4.69, 9.17) is 10.00 Å². The molecule has 5 nitrogen and oxygen atoms in total. The van der Waals surface area contributed by atoms with Crippen molar-refractivity contribution < 1.29 is 14.6 Å². The van der Waals surface area contributed by atoms with E-state index in [1.807, 2.05) is 33.8 Å². The molecule has 0 radical (unpaired) electrons. The van der Waals surface area contributed by atoms with Gasteiger partial charge in [-0.1, -0.05) is 19.9 Å². The number of rotatable bonds is 5. The van der Waals surface area contributed by atoms with E-state index >= 15 is 0 Å². The largest absolute Gasteiger partial charge is 0.457 e. The third-order valence-electron chi connectivity index (χ3n) is 3.04. The second-order valence-electron chi connectivity index (χ2n) is 5.13. The Kier molecular flexibility index (Phi) is 11.3. The third kappa shape index (κ3) is 8.93. The second kappa shape index (κ2) is 12.6. The van der Waals surface area contributed by atoms with Crippen LogP contribution in [0.1, 0.15) is 40.2 Å². The van der Waals surface area contributed by atoms with Gasteiger partial charge in [0.15, 0.2) is 0 Å². The van der Waals surface area contributed by atoms with Gasteiger partial charge in [0.25, 0.3) is 0 Å². The van der Waals surface area contributed by atoms with Gasteiger partial charge in [-0.05, 0) is 68.8 Å². The maximum Gasteiger partial charge on any atom is 0.232 e. The van der Waals surface area contributed by atoms with Gasteiger partial charge in [0, 0.05) is 7.11 Å². The van der Waals surface area contributed by atoms with E-state index in [1.54, 1.807) is 55.5 Å². The van der Waals surface area contributed by atoms with Crippen molar-refractivity contribution in [1.29, 1.82) is 5.26 Å². The van der Waals surface area contributed by atoms with E-state index in [2.05, 4.69) is 11.3 Å². The molecule has 27 heavy (non-hydrogen) atoms. The highest BCUT2D eigenvalue weighted by Gasteiger charge is 2.09. The first-order valence-corrected chi connectivity index (χ1v) is 10.4. The van der Waals surface area contributed by atoms with Crippen molar-refractivity contribution in [1.82, 2.24) is 0 Å². The van der Waals surface area contributed by atoms with Crippen LogP contribution in [0.25, 0.3) is 0 Å². The predicted octanol–water partition coefficient (Wildman–Crippen LogP) is 5.89. The van der Waals surface area contributed by atoms with Crippen LogP contribution in [0.3, 0.4) is 0 Å². The zero-order chi connectivity index (χ0) is 20.9. The molecule has 2 rings (SSSR count). The molecule has 0 atom stereocenters. The minimum atomic E-state index is -3.29. The fraction of sp³-hybridized carbons (Fsp3) is 0.286. The lowest BCUT2D eigenvalue weighted by atomic mass is 10.2. The smallest absolute Gasteiger partial charge is 0.232 e. The number of anilines is 1. The molecule has 0 heterocycles. The molecule has 0 aliphatic heterocycles. The molecule has 0 aliphatic rings. The van der Waals surface area contributed by atoms with Crippen molar-refractivity contribution in [3.63, 3.8) is 0 Å². The van der Waals surface area contributed by atoms with Crippen molar-refractivity contribution >= 4 is 15.7 Å². The normalized spacial score (nSPS) is 9.48. The first-order valence-electron chi connectivity index (χ1n) is 8.71. The molecule has 0 unspecified atom stereocenters. The molecule has 0 spiro atoms. The summed E-state index contributed by atoms with van der Waals surface area (Å²) in [5.41, 5.74) is 1.88. The minimum Gasteiger partial charge on any atom is -0.457 e. The molecule has 0 saturated carbocycles. The van der Waals surface area contributed by atoms with E-state index in [-0.39, 0.29) is 7.18 Å². The van der Waals surface area contributed by atoms with Gasteiger partial charge in [0.1, 0.15) is 11.5 Å². The van der Waals surface area contributed by atoms with E-state index in [1.165, 1.54) is 0 Å². The highest BCUT2D eigenvalue weighted by molar-refractivity contribution is 7.92. The summed E-state index contributed by atoms with van der Waals surface area (Å²) in [5.74, 6) is 1.27. The van der Waals surface area contributed by atoms with Crippen molar-refractivity contribution in [2.24, 2.45) is 0 Å². The molecule has 0 aliphatic carbocycles. The number of aryl methyl sites for hydroxylation is 1. The first kappa shape index (κ1) is 24.2. The molecule has 148 valence electrons. The fourth-order valence-corrected chi connectivity index (χ4v) is 2.43. The molecular formula is C21H30N2O3S. The molecule has 0 aromatic heterocycles. The van der Waals surface area contributed by atoms with Gasteiger partial charge in [-0.25, -0.2) is 8.42 Å². The van der Waals surface area contributed by atoms with E-state index in [0.29, 0.717) is 22.7 Å². The Balaban J connectivity index is 0. The Morgan fingerprint density at radius 1 is 1.22 bits per heavy atom. The summed E-state index contributed by atoms with van der Waals surface area (Å²) >= 11 is 0. The summed E-state index contributed by atoms with van der Waals surface area (Å²) in [6.07, 6.45) is 1.75.